The van der Waals surface area contributed by atoms with E-state index >= 15 is 0 Å². The fourth-order valence-corrected chi connectivity index (χ4v) is 1.89. The Hall–Kier alpha value is -1.39. The Labute approximate surface area is 88.4 Å². The molecule has 0 spiro atoms. The Balaban J connectivity index is 2.73. The number of hydrogen-bond acceptors (Lipinski definition) is 3. The lowest BCUT2D eigenvalue weighted by atomic mass is 10.2. The van der Waals surface area contributed by atoms with Crippen LogP contribution < -0.4 is 5.73 Å². The number of aliphatic hydroxyl groups excluding tert-OH is 1. The number of aryl methyl sites for hydroxylation is 2. The molecule has 0 bridgehead atoms. The second-order valence-corrected chi connectivity index (χ2v) is 3.72. The minimum absolute atomic E-state index is 0.0833. The van der Waals surface area contributed by atoms with Crippen LogP contribution in [0, 0.1) is 13.8 Å². The molecule has 15 heavy (non-hydrogen) atoms. The van der Waals surface area contributed by atoms with Crippen molar-refractivity contribution in [2.24, 2.45) is 5.73 Å². The Bertz CT molecular complexity index is 490. The first-order valence-electron chi connectivity index (χ1n) is 4.96. The van der Waals surface area contributed by atoms with Crippen molar-refractivity contribution in [1.82, 2.24) is 9.38 Å². The van der Waals surface area contributed by atoms with Gasteiger partial charge in [0, 0.05) is 5.69 Å². The van der Waals surface area contributed by atoms with Crippen LogP contribution in [0.5, 0.6) is 0 Å². The van der Waals surface area contributed by atoms with Gasteiger partial charge in [-0.2, -0.15) is 0 Å². The molecular formula is C11H15N3O. The van der Waals surface area contributed by atoms with Crippen molar-refractivity contribution in [3.63, 3.8) is 0 Å². The van der Waals surface area contributed by atoms with Crippen molar-refractivity contribution >= 4 is 5.52 Å². The molecule has 0 saturated carbocycles. The Kier molecular flexibility index (Phi) is 2.46. The van der Waals surface area contributed by atoms with E-state index in [-0.39, 0.29) is 6.61 Å². The van der Waals surface area contributed by atoms with Crippen molar-refractivity contribution in [1.29, 1.82) is 0 Å². The third kappa shape index (κ3) is 1.52. The summed E-state index contributed by atoms with van der Waals surface area (Å²) >= 11 is 0. The quantitative estimate of drug-likeness (QED) is 0.767. The molecule has 0 aromatic carbocycles. The predicted octanol–water partition coefficient (Wildman–Crippen LogP) is 0.943. The summed E-state index contributed by atoms with van der Waals surface area (Å²) in [6, 6.07) is 5.56. The molecule has 0 radical (unpaired) electrons. The second-order valence-electron chi connectivity index (χ2n) is 3.72. The highest BCUT2D eigenvalue weighted by Crippen LogP contribution is 2.19. The van der Waals surface area contributed by atoms with Crippen LogP contribution in [0.25, 0.3) is 5.52 Å². The van der Waals surface area contributed by atoms with Crippen LogP contribution in [0.15, 0.2) is 18.2 Å². The van der Waals surface area contributed by atoms with Gasteiger partial charge in [0.25, 0.3) is 0 Å². The van der Waals surface area contributed by atoms with Gasteiger partial charge in [-0.25, -0.2) is 4.98 Å². The third-order valence-corrected chi connectivity index (χ3v) is 2.60. The van der Waals surface area contributed by atoms with Gasteiger partial charge in [-0.05, 0) is 26.0 Å². The zero-order chi connectivity index (χ0) is 11.0. The maximum atomic E-state index is 9.05. The molecule has 4 heteroatoms. The smallest absolute Gasteiger partial charge is 0.110 e. The summed E-state index contributed by atoms with van der Waals surface area (Å²) in [5, 5.41) is 9.05. The van der Waals surface area contributed by atoms with Gasteiger partial charge in [0.15, 0.2) is 0 Å². The molecule has 2 aromatic rings. The average Bonchev–Trinajstić information content (AvgIpc) is 2.56. The molecule has 0 fully saturated rings. The van der Waals surface area contributed by atoms with Crippen molar-refractivity contribution in [2.45, 2.75) is 19.9 Å². The first-order chi connectivity index (χ1) is 7.15. The first-order valence-corrected chi connectivity index (χ1v) is 4.96. The predicted molar refractivity (Wildman–Crippen MR) is 58.7 cm³/mol. The highest BCUT2D eigenvalue weighted by atomic mass is 16.3. The Morgan fingerprint density at radius 2 is 2.20 bits per heavy atom. The van der Waals surface area contributed by atoms with Crippen LogP contribution in [0.2, 0.25) is 0 Å². The summed E-state index contributed by atoms with van der Waals surface area (Å²) in [7, 11) is 0. The van der Waals surface area contributed by atoms with E-state index in [0.717, 1.165) is 22.7 Å². The number of hydrogen-bond donors (Lipinski definition) is 2. The Morgan fingerprint density at radius 1 is 1.47 bits per heavy atom. The van der Waals surface area contributed by atoms with Crippen LogP contribution in [0.1, 0.15) is 23.3 Å². The molecule has 0 amide bonds. The molecule has 1 atom stereocenters. The maximum absolute atomic E-state index is 9.05. The lowest BCUT2D eigenvalue weighted by Crippen LogP contribution is -2.15. The van der Waals surface area contributed by atoms with E-state index in [1.165, 1.54) is 0 Å². The van der Waals surface area contributed by atoms with Gasteiger partial charge in [0.1, 0.15) is 5.82 Å². The van der Waals surface area contributed by atoms with Gasteiger partial charge in [-0.3, -0.25) is 0 Å². The zero-order valence-corrected chi connectivity index (χ0v) is 8.94. The summed E-state index contributed by atoms with van der Waals surface area (Å²) in [6.07, 6.45) is 0. The second kappa shape index (κ2) is 3.64. The minimum Gasteiger partial charge on any atom is -0.394 e. The number of fused-ring (bicyclic) bond motifs is 1. The van der Waals surface area contributed by atoms with Crippen LogP contribution in [0.3, 0.4) is 0 Å². The van der Waals surface area contributed by atoms with Gasteiger partial charge in [0.05, 0.1) is 23.9 Å². The third-order valence-electron chi connectivity index (χ3n) is 2.60. The molecule has 1 unspecified atom stereocenters. The van der Waals surface area contributed by atoms with E-state index in [2.05, 4.69) is 4.98 Å². The number of aromatic nitrogens is 2. The maximum Gasteiger partial charge on any atom is 0.110 e. The molecular weight excluding hydrogens is 190 g/mol. The highest BCUT2D eigenvalue weighted by Gasteiger charge is 2.14. The number of aliphatic hydroxyl groups is 1. The molecule has 0 aliphatic carbocycles. The SMILES string of the molecule is Cc1cccc2c(C(N)CO)nc(C)n12. The summed E-state index contributed by atoms with van der Waals surface area (Å²) in [6.45, 7) is 3.88. The number of pyridine rings is 1. The molecule has 2 aromatic heterocycles. The Morgan fingerprint density at radius 3 is 2.87 bits per heavy atom. The van der Waals surface area contributed by atoms with Crippen molar-refractivity contribution in [2.75, 3.05) is 6.61 Å². The average molecular weight is 205 g/mol. The van der Waals surface area contributed by atoms with Crippen molar-refractivity contribution in [3.05, 3.63) is 35.4 Å². The topological polar surface area (TPSA) is 63.5 Å². The van der Waals surface area contributed by atoms with Crippen LogP contribution in [0.4, 0.5) is 0 Å². The van der Waals surface area contributed by atoms with Crippen LogP contribution in [-0.4, -0.2) is 21.1 Å². The molecule has 2 heterocycles. The molecule has 0 saturated heterocycles. The highest BCUT2D eigenvalue weighted by molar-refractivity contribution is 5.55. The molecule has 3 N–H and O–H groups in total. The number of imidazole rings is 1. The molecule has 2 rings (SSSR count). The summed E-state index contributed by atoms with van der Waals surface area (Å²) in [4.78, 5) is 4.40. The van der Waals surface area contributed by atoms with E-state index in [9.17, 15) is 0 Å². The fraction of sp³-hybridized carbons (Fsp3) is 0.364. The lowest BCUT2D eigenvalue weighted by molar-refractivity contribution is 0.266. The van der Waals surface area contributed by atoms with E-state index in [1.807, 2.05) is 36.4 Å². The van der Waals surface area contributed by atoms with E-state index in [0.29, 0.717) is 0 Å². The van der Waals surface area contributed by atoms with Gasteiger partial charge in [-0.15, -0.1) is 0 Å². The number of rotatable bonds is 2. The van der Waals surface area contributed by atoms with Crippen LogP contribution >= 0.6 is 0 Å². The lowest BCUT2D eigenvalue weighted by Gasteiger charge is -2.05. The largest absolute Gasteiger partial charge is 0.394 e. The summed E-state index contributed by atoms with van der Waals surface area (Å²) < 4.78 is 2.05. The van der Waals surface area contributed by atoms with Crippen LogP contribution in [-0.2, 0) is 0 Å². The van der Waals surface area contributed by atoms with E-state index in [4.69, 9.17) is 10.8 Å². The molecule has 4 nitrogen and oxygen atoms in total. The first kappa shape index (κ1) is 10.1. The zero-order valence-electron chi connectivity index (χ0n) is 8.94. The van der Waals surface area contributed by atoms with Crippen molar-refractivity contribution < 1.29 is 5.11 Å². The molecule has 0 aliphatic rings. The van der Waals surface area contributed by atoms with Gasteiger partial charge >= 0.3 is 0 Å². The normalized spacial score (nSPS) is 13.3. The van der Waals surface area contributed by atoms with Gasteiger partial charge < -0.3 is 15.2 Å². The van der Waals surface area contributed by atoms with E-state index < -0.39 is 6.04 Å². The minimum atomic E-state index is -0.407. The number of nitrogens with zero attached hydrogens (tertiary/aromatic N) is 2. The molecule has 0 aliphatic heterocycles. The standard InChI is InChI=1S/C11H15N3O/c1-7-4-3-5-10-11(9(12)6-15)13-8(2)14(7)10/h3-5,9,15H,6,12H2,1-2H3. The number of nitrogens with two attached hydrogens (primary N) is 1. The summed E-state index contributed by atoms with van der Waals surface area (Å²) in [5.74, 6) is 0.905. The molecule has 80 valence electrons. The van der Waals surface area contributed by atoms with E-state index in [1.54, 1.807) is 0 Å². The monoisotopic (exact) mass is 205 g/mol. The van der Waals surface area contributed by atoms with Gasteiger partial charge in [-0.1, -0.05) is 6.07 Å². The fourth-order valence-electron chi connectivity index (χ4n) is 1.89. The van der Waals surface area contributed by atoms with Crippen molar-refractivity contribution in [3.8, 4) is 0 Å². The van der Waals surface area contributed by atoms with Gasteiger partial charge in [0.2, 0.25) is 0 Å². The summed E-state index contributed by atoms with van der Waals surface area (Å²) in [5.41, 5.74) is 8.66.